The summed E-state index contributed by atoms with van der Waals surface area (Å²) in [6.45, 7) is 5.95. The number of benzene rings is 2. The first-order valence-electron chi connectivity index (χ1n) is 13.4. The number of fused-ring (bicyclic) bond motifs is 2. The van der Waals surface area contributed by atoms with Crippen LogP contribution >= 0.6 is 63.7 Å². The van der Waals surface area contributed by atoms with E-state index in [0.29, 0.717) is 26.2 Å². The number of aryl methyl sites for hydroxylation is 2. The lowest BCUT2D eigenvalue weighted by molar-refractivity contribution is -0.673. The van der Waals surface area contributed by atoms with Gasteiger partial charge in [-0.25, -0.2) is 26.0 Å². The van der Waals surface area contributed by atoms with Crippen LogP contribution in [0.4, 0.5) is 11.4 Å². The first-order chi connectivity index (χ1) is 20.1. The van der Waals surface area contributed by atoms with E-state index in [0.717, 1.165) is 51.9 Å². The number of nitrogens with zero attached hydrogens (tertiary/aromatic N) is 4. The molecule has 1 aliphatic rings. The molecule has 0 saturated carbocycles. The molecule has 0 radical (unpaired) electrons. The summed E-state index contributed by atoms with van der Waals surface area (Å²) in [4.78, 5) is 4.11. The molecular weight excluding hydrogens is 860 g/mol. The second-order valence-electron chi connectivity index (χ2n) is 9.77. The molecule has 0 aliphatic carbocycles. The highest BCUT2D eigenvalue weighted by Crippen LogP contribution is 2.45. The molecule has 0 saturated heterocycles. The Kier molecular flexibility index (Phi) is 11.3. The molecule has 10 nitrogen and oxygen atoms in total. The molecule has 4 rings (SSSR count). The summed E-state index contributed by atoms with van der Waals surface area (Å²) in [7, 11) is -8.71. The Balaban J connectivity index is 1.80. The second-order valence-corrected chi connectivity index (χ2v) is 16.2. The van der Waals surface area contributed by atoms with Crippen molar-refractivity contribution in [3.63, 3.8) is 0 Å². The molecule has 3 aromatic rings. The summed E-state index contributed by atoms with van der Waals surface area (Å²) < 4.78 is 75.5. The van der Waals surface area contributed by atoms with Crippen molar-refractivity contribution in [1.29, 1.82) is 0 Å². The molecule has 43 heavy (non-hydrogen) atoms. The van der Waals surface area contributed by atoms with Gasteiger partial charge in [0.1, 0.15) is 5.82 Å². The zero-order valence-corrected chi connectivity index (χ0v) is 31.2. The summed E-state index contributed by atoms with van der Waals surface area (Å²) in [6, 6.07) is 7.91. The summed E-state index contributed by atoms with van der Waals surface area (Å²) >= 11 is 14.3. The van der Waals surface area contributed by atoms with Crippen molar-refractivity contribution in [2.45, 2.75) is 39.8 Å². The summed E-state index contributed by atoms with van der Waals surface area (Å²) in [5.41, 5.74) is 3.64. The molecule has 16 heteroatoms. The quantitative estimate of drug-likeness (QED) is 0.159. The van der Waals surface area contributed by atoms with Gasteiger partial charge in [-0.3, -0.25) is 0 Å². The third-order valence-electron chi connectivity index (χ3n) is 6.98. The van der Waals surface area contributed by atoms with E-state index in [1.807, 2.05) is 65.8 Å². The number of hydrogen-bond acceptors (Lipinski definition) is 8. The lowest BCUT2D eigenvalue weighted by Gasteiger charge is -2.24. The molecule has 2 heterocycles. The van der Waals surface area contributed by atoms with Crippen molar-refractivity contribution >= 4 is 112 Å². The van der Waals surface area contributed by atoms with Crippen LogP contribution in [0.5, 0.6) is 0 Å². The van der Waals surface area contributed by atoms with E-state index in [1.165, 1.54) is 0 Å². The van der Waals surface area contributed by atoms with Crippen LogP contribution in [0.25, 0.3) is 17.1 Å². The molecule has 1 aromatic heterocycles. The van der Waals surface area contributed by atoms with Crippen molar-refractivity contribution in [2.75, 3.05) is 34.4 Å². The first kappa shape index (κ1) is 34.6. The first-order valence-corrected chi connectivity index (χ1v) is 19.7. The lowest BCUT2D eigenvalue weighted by atomic mass is 10.2. The van der Waals surface area contributed by atoms with Gasteiger partial charge in [0.15, 0.2) is 11.0 Å². The minimum absolute atomic E-state index is 0.161. The fourth-order valence-electron chi connectivity index (χ4n) is 5.22. The largest absolute Gasteiger partial charge is 0.748 e. The molecule has 0 atom stereocenters. The highest BCUT2D eigenvalue weighted by atomic mass is 79.9. The molecule has 0 amide bonds. The topological polar surface area (TPSA) is 130 Å². The zero-order chi connectivity index (χ0) is 31.7. The molecule has 2 aromatic carbocycles. The van der Waals surface area contributed by atoms with Crippen LogP contribution in [0.15, 0.2) is 60.1 Å². The summed E-state index contributed by atoms with van der Waals surface area (Å²) in [5.74, 6) is 0.700. The average Bonchev–Trinajstić information content (AvgIpc) is 3.34. The number of allylic oxidation sites excluding steroid dienone is 2. The predicted molar refractivity (Wildman–Crippen MR) is 181 cm³/mol. The van der Waals surface area contributed by atoms with E-state index in [1.54, 1.807) is 0 Å². The van der Waals surface area contributed by atoms with Crippen LogP contribution in [0.2, 0.25) is 0 Å². The maximum Gasteiger partial charge on any atom is 0.282 e. The molecule has 234 valence electrons. The van der Waals surface area contributed by atoms with Crippen molar-refractivity contribution in [3.05, 3.63) is 66.0 Å². The Morgan fingerprint density at radius 2 is 1.35 bits per heavy atom. The minimum atomic E-state index is -4.36. The van der Waals surface area contributed by atoms with Crippen LogP contribution in [-0.4, -0.2) is 55.1 Å². The number of aromatic nitrogens is 2. The standard InChI is InChI=1S/C27H30Br4N4O6S2/c1-3-32-22-14-18(28)20(30)16-24(22)34(10-6-12-42(36,37)38)26(32)8-5-9-27-33(4-2)23-15-19(29)21(31)17-25(23)35(27)11-7-13-43(39,40)41/h5,8-9,14-17H,3-4,6-7,10-13H2,1-2H3,(H-,36,37,38,39,40,41)/p-1. The lowest BCUT2D eigenvalue weighted by Crippen LogP contribution is -2.37. The molecule has 0 spiro atoms. The predicted octanol–water partition coefficient (Wildman–Crippen LogP) is 6.07. The van der Waals surface area contributed by atoms with E-state index in [4.69, 9.17) is 0 Å². The van der Waals surface area contributed by atoms with Gasteiger partial charge in [0, 0.05) is 60.7 Å². The number of anilines is 2. The number of halogens is 4. The highest BCUT2D eigenvalue weighted by molar-refractivity contribution is 9.13. The minimum Gasteiger partial charge on any atom is -0.748 e. The fraction of sp³-hybridized carbons (Fsp3) is 0.370. The Morgan fingerprint density at radius 1 is 0.791 bits per heavy atom. The van der Waals surface area contributed by atoms with E-state index in [2.05, 4.69) is 73.2 Å². The summed E-state index contributed by atoms with van der Waals surface area (Å²) in [5, 5.41) is 0. The molecular formula is C27H29Br4N4O6S2-. The monoisotopic (exact) mass is 885 g/mol. The van der Waals surface area contributed by atoms with Crippen LogP contribution < -0.4 is 14.4 Å². The SMILES string of the molecule is CCN1C(=CC=Cc2n(CC)c3cc(Br)c(Br)cc3[n+]2CCCS(=O)(=O)[O-])N(CCCS(=O)(=O)[O-])c2cc(Br)c(Br)cc21. The second kappa shape index (κ2) is 14.0. The number of hydrogen-bond donors (Lipinski definition) is 0. The van der Waals surface area contributed by atoms with Crippen molar-refractivity contribution in [1.82, 2.24) is 4.57 Å². The number of imidazole rings is 1. The van der Waals surface area contributed by atoms with Crippen LogP contribution in [0.1, 0.15) is 32.5 Å². The maximum absolute atomic E-state index is 11.3. The van der Waals surface area contributed by atoms with Crippen LogP contribution in [-0.2, 0) is 33.3 Å². The van der Waals surface area contributed by atoms with E-state index < -0.39 is 31.7 Å². The zero-order valence-electron chi connectivity index (χ0n) is 23.3. The fourth-order valence-corrected chi connectivity index (χ4v) is 7.51. The normalized spacial score (nSPS) is 15.0. The van der Waals surface area contributed by atoms with Gasteiger partial charge in [0.25, 0.3) is 5.82 Å². The molecule has 0 bridgehead atoms. The van der Waals surface area contributed by atoms with Gasteiger partial charge in [-0.2, -0.15) is 0 Å². The smallest absolute Gasteiger partial charge is 0.282 e. The van der Waals surface area contributed by atoms with Gasteiger partial charge in [0.2, 0.25) is 0 Å². The van der Waals surface area contributed by atoms with Crippen molar-refractivity contribution < 1.29 is 30.5 Å². The third kappa shape index (κ3) is 8.12. The van der Waals surface area contributed by atoms with Crippen LogP contribution in [0, 0.1) is 0 Å². The third-order valence-corrected chi connectivity index (χ3v) is 12.2. The van der Waals surface area contributed by atoms with E-state index in [-0.39, 0.29) is 12.8 Å². The van der Waals surface area contributed by atoms with Crippen molar-refractivity contribution in [3.8, 4) is 0 Å². The molecule has 0 N–H and O–H groups in total. The Morgan fingerprint density at radius 3 is 1.93 bits per heavy atom. The molecule has 1 aliphatic heterocycles. The van der Waals surface area contributed by atoms with Crippen LogP contribution in [0.3, 0.4) is 0 Å². The molecule has 0 fully saturated rings. The van der Waals surface area contributed by atoms with E-state index >= 15 is 0 Å². The van der Waals surface area contributed by atoms with E-state index in [9.17, 15) is 25.9 Å². The Hall–Kier alpha value is -1.27. The van der Waals surface area contributed by atoms with Gasteiger partial charge in [0.05, 0.1) is 44.7 Å². The Bertz CT molecular complexity index is 1820. The Labute approximate surface area is 285 Å². The molecule has 0 unspecified atom stereocenters. The number of rotatable bonds is 12. The van der Waals surface area contributed by atoms with Crippen molar-refractivity contribution in [2.24, 2.45) is 0 Å². The van der Waals surface area contributed by atoms with Gasteiger partial charge in [-0.15, -0.1) is 0 Å². The van der Waals surface area contributed by atoms with Gasteiger partial charge >= 0.3 is 0 Å². The van der Waals surface area contributed by atoms with Gasteiger partial charge in [-0.1, -0.05) is 6.08 Å². The van der Waals surface area contributed by atoms with Gasteiger partial charge in [-0.05, 0) is 109 Å². The average molecular weight is 889 g/mol. The summed E-state index contributed by atoms with van der Waals surface area (Å²) in [6.07, 6.45) is 6.10. The highest BCUT2D eigenvalue weighted by Gasteiger charge is 2.31. The maximum atomic E-state index is 11.3. The van der Waals surface area contributed by atoms with Gasteiger partial charge < -0.3 is 18.9 Å².